The third kappa shape index (κ3) is 6.24. The summed E-state index contributed by atoms with van der Waals surface area (Å²) in [6.45, 7) is 13.1. The highest BCUT2D eigenvalue weighted by molar-refractivity contribution is 4.83. The standard InChI is InChI=1S/C16H34N2O/c1-4-8-16(3,13-17-9-5-2)14-18-10-6-15(12-19)7-11-18/h15,17,19H,4-14H2,1-3H3. The predicted octanol–water partition coefficient (Wildman–Crippen LogP) is 2.50. The molecule has 3 heteroatoms. The Bertz CT molecular complexity index is 227. The molecule has 1 aliphatic rings. The fourth-order valence-electron chi connectivity index (χ4n) is 3.26. The van der Waals surface area contributed by atoms with E-state index in [1.807, 2.05) is 0 Å². The average Bonchev–Trinajstić information content (AvgIpc) is 2.40. The van der Waals surface area contributed by atoms with Crippen LogP contribution in [0.1, 0.15) is 52.9 Å². The first-order chi connectivity index (χ1) is 9.13. The van der Waals surface area contributed by atoms with Gasteiger partial charge in [0, 0.05) is 19.7 Å². The summed E-state index contributed by atoms with van der Waals surface area (Å²) in [7, 11) is 0. The van der Waals surface area contributed by atoms with Crippen LogP contribution in [-0.2, 0) is 0 Å². The molecule has 0 spiro atoms. The number of hydrogen-bond acceptors (Lipinski definition) is 3. The average molecular weight is 270 g/mol. The number of nitrogens with one attached hydrogen (secondary N) is 1. The second-order valence-corrected chi connectivity index (χ2v) is 6.64. The van der Waals surface area contributed by atoms with Crippen molar-refractivity contribution in [1.29, 1.82) is 0 Å². The van der Waals surface area contributed by atoms with Crippen LogP contribution in [0.3, 0.4) is 0 Å². The lowest BCUT2D eigenvalue weighted by atomic mass is 9.83. The molecule has 0 aromatic rings. The number of aliphatic hydroxyl groups is 1. The van der Waals surface area contributed by atoms with Gasteiger partial charge < -0.3 is 15.3 Å². The SMILES string of the molecule is CCCNCC(C)(CCC)CN1CCC(CO)CC1. The third-order valence-electron chi connectivity index (χ3n) is 4.40. The van der Waals surface area contributed by atoms with Crippen LogP contribution >= 0.6 is 0 Å². The van der Waals surface area contributed by atoms with Crippen molar-refractivity contribution in [2.45, 2.75) is 52.9 Å². The molecule has 1 atom stereocenters. The monoisotopic (exact) mass is 270 g/mol. The molecule has 0 saturated carbocycles. The molecular formula is C16H34N2O. The van der Waals surface area contributed by atoms with Crippen molar-refractivity contribution in [2.24, 2.45) is 11.3 Å². The summed E-state index contributed by atoms with van der Waals surface area (Å²) < 4.78 is 0. The first kappa shape index (κ1) is 16.9. The highest BCUT2D eigenvalue weighted by Gasteiger charge is 2.28. The van der Waals surface area contributed by atoms with E-state index in [1.165, 1.54) is 38.6 Å². The van der Waals surface area contributed by atoms with Gasteiger partial charge in [0.05, 0.1) is 0 Å². The lowest BCUT2D eigenvalue weighted by molar-refractivity contribution is 0.0899. The number of piperidine rings is 1. The fraction of sp³-hybridized carbons (Fsp3) is 1.00. The van der Waals surface area contributed by atoms with Crippen LogP contribution in [0.5, 0.6) is 0 Å². The summed E-state index contributed by atoms with van der Waals surface area (Å²) in [6, 6.07) is 0. The minimum atomic E-state index is 0.373. The molecule has 0 aromatic carbocycles. The van der Waals surface area contributed by atoms with E-state index in [9.17, 15) is 5.11 Å². The van der Waals surface area contributed by atoms with Crippen LogP contribution in [0.15, 0.2) is 0 Å². The maximum absolute atomic E-state index is 9.21. The highest BCUT2D eigenvalue weighted by atomic mass is 16.3. The smallest absolute Gasteiger partial charge is 0.0460 e. The second-order valence-electron chi connectivity index (χ2n) is 6.64. The maximum Gasteiger partial charge on any atom is 0.0460 e. The van der Waals surface area contributed by atoms with Gasteiger partial charge in [0.15, 0.2) is 0 Å². The molecule has 1 rings (SSSR count). The van der Waals surface area contributed by atoms with Gasteiger partial charge in [0.2, 0.25) is 0 Å². The van der Waals surface area contributed by atoms with Crippen LogP contribution in [0.2, 0.25) is 0 Å². The van der Waals surface area contributed by atoms with Crippen molar-refractivity contribution in [2.75, 3.05) is 39.3 Å². The van der Waals surface area contributed by atoms with Gasteiger partial charge in [0.25, 0.3) is 0 Å². The summed E-state index contributed by atoms with van der Waals surface area (Å²) in [5.74, 6) is 0.548. The lowest BCUT2D eigenvalue weighted by Gasteiger charge is -2.39. The van der Waals surface area contributed by atoms with Crippen LogP contribution in [0, 0.1) is 11.3 Å². The normalized spacial score (nSPS) is 21.5. The van der Waals surface area contributed by atoms with Gasteiger partial charge in [-0.3, -0.25) is 0 Å². The van der Waals surface area contributed by atoms with Gasteiger partial charge in [-0.25, -0.2) is 0 Å². The number of aliphatic hydroxyl groups excluding tert-OH is 1. The number of likely N-dealkylation sites (tertiary alicyclic amines) is 1. The number of nitrogens with zero attached hydrogens (tertiary/aromatic N) is 1. The van der Waals surface area contributed by atoms with Gasteiger partial charge in [-0.1, -0.05) is 27.2 Å². The van der Waals surface area contributed by atoms with Crippen molar-refractivity contribution in [3.63, 3.8) is 0 Å². The van der Waals surface area contributed by atoms with Crippen molar-refractivity contribution in [3.05, 3.63) is 0 Å². The molecule has 0 bridgehead atoms. The van der Waals surface area contributed by atoms with Crippen LogP contribution in [-0.4, -0.2) is 49.3 Å². The van der Waals surface area contributed by atoms with E-state index < -0.39 is 0 Å². The van der Waals surface area contributed by atoms with Crippen LogP contribution in [0.25, 0.3) is 0 Å². The molecule has 2 N–H and O–H groups in total. The van der Waals surface area contributed by atoms with Crippen molar-refractivity contribution in [1.82, 2.24) is 10.2 Å². The van der Waals surface area contributed by atoms with E-state index in [2.05, 4.69) is 31.0 Å². The number of rotatable bonds is 9. The molecule has 0 amide bonds. The fourth-order valence-corrected chi connectivity index (χ4v) is 3.26. The van der Waals surface area contributed by atoms with E-state index in [4.69, 9.17) is 0 Å². The van der Waals surface area contributed by atoms with Gasteiger partial charge in [-0.05, 0) is 56.7 Å². The molecule has 0 aliphatic carbocycles. The largest absolute Gasteiger partial charge is 0.396 e. The first-order valence-corrected chi connectivity index (χ1v) is 8.17. The molecule has 114 valence electrons. The third-order valence-corrected chi connectivity index (χ3v) is 4.40. The molecule has 1 unspecified atom stereocenters. The summed E-state index contributed by atoms with van der Waals surface area (Å²) >= 11 is 0. The summed E-state index contributed by atoms with van der Waals surface area (Å²) in [5, 5.41) is 12.8. The first-order valence-electron chi connectivity index (χ1n) is 8.17. The predicted molar refractivity (Wildman–Crippen MR) is 82.4 cm³/mol. The maximum atomic E-state index is 9.21. The zero-order chi connectivity index (χ0) is 14.1. The Morgan fingerprint density at radius 3 is 2.42 bits per heavy atom. The Hall–Kier alpha value is -0.120. The minimum absolute atomic E-state index is 0.373. The Morgan fingerprint density at radius 1 is 1.21 bits per heavy atom. The van der Waals surface area contributed by atoms with E-state index >= 15 is 0 Å². The van der Waals surface area contributed by atoms with Crippen molar-refractivity contribution >= 4 is 0 Å². The van der Waals surface area contributed by atoms with E-state index in [0.717, 1.165) is 26.2 Å². The van der Waals surface area contributed by atoms with E-state index in [-0.39, 0.29) is 0 Å². The Labute approximate surface area is 119 Å². The molecule has 1 heterocycles. The Morgan fingerprint density at radius 2 is 1.89 bits per heavy atom. The van der Waals surface area contributed by atoms with Crippen LogP contribution < -0.4 is 5.32 Å². The quantitative estimate of drug-likeness (QED) is 0.632. The molecule has 1 aliphatic heterocycles. The van der Waals surface area contributed by atoms with Crippen molar-refractivity contribution < 1.29 is 5.11 Å². The Balaban J connectivity index is 2.39. The second kappa shape index (κ2) is 8.93. The molecule has 19 heavy (non-hydrogen) atoms. The van der Waals surface area contributed by atoms with Crippen LogP contribution in [0.4, 0.5) is 0 Å². The van der Waals surface area contributed by atoms with Crippen molar-refractivity contribution in [3.8, 4) is 0 Å². The number of hydrogen-bond donors (Lipinski definition) is 2. The van der Waals surface area contributed by atoms with Gasteiger partial charge >= 0.3 is 0 Å². The van der Waals surface area contributed by atoms with E-state index in [0.29, 0.717) is 17.9 Å². The zero-order valence-electron chi connectivity index (χ0n) is 13.2. The minimum Gasteiger partial charge on any atom is -0.396 e. The highest BCUT2D eigenvalue weighted by Crippen LogP contribution is 2.26. The van der Waals surface area contributed by atoms with Gasteiger partial charge in [0.1, 0.15) is 0 Å². The molecule has 1 fully saturated rings. The summed E-state index contributed by atoms with van der Waals surface area (Å²) in [4.78, 5) is 2.61. The Kier molecular flexibility index (Phi) is 7.96. The molecule has 0 aromatic heterocycles. The molecule has 3 nitrogen and oxygen atoms in total. The zero-order valence-corrected chi connectivity index (χ0v) is 13.2. The lowest BCUT2D eigenvalue weighted by Crippen LogP contribution is -2.45. The molecule has 1 saturated heterocycles. The van der Waals surface area contributed by atoms with Gasteiger partial charge in [-0.15, -0.1) is 0 Å². The summed E-state index contributed by atoms with van der Waals surface area (Å²) in [5.41, 5.74) is 0.399. The molecular weight excluding hydrogens is 236 g/mol. The molecule has 0 radical (unpaired) electrons. The van der Waals surface area contributed by atoms with E-state index in [1.54, 1.807) is 0 Å². The summed E-state index contributed by atoms with van der Waals surface area (Å²) in [6.07, 6.45) is 6.10. The topological polar surface area (TPSA) is 35.5 Å². The van der Waals surface area contributed by atoms with Gasteiger partial charge in [-0.2, -0.15) is 0 Å².